The number of benzene rings is 1. The van der Waals surface area contributed by atoms with Crippen molar-refractivity contribution in [3.8, 4) is 22.8 Å². The molecule has 26 heavy (non-hydrogen) atoms. The van der Waals surface area contributed by atoms with Crippen LogP contribution in [0.5, 0.6) is 11.5 Å². The zero-order chi connectivity index (χ0) is 18.1. The Labute approximate surface area is 156 Å². The molecule has 6 nitrogen and oxygen atoms in total. The second-order valence-corrected chi connectivity index (χ2v) is 7.06. The number of hydrogen-bond acceptors (Lipinski definition) is 6. The molecule has 0 fully saturated rings. The Morgan fingerprint density at radius 3 is 2.69 bits per heavy atom. The van der Waals surface area contributed by atoms with E-state index in [0.29, 0.717) is 13.2 Å². The number of rotatable bonds is 5. The lowest BCUT2D eigenvalue weighted by Crippen LogP contribution is -2.15. The Morgan fingerprint density at radius 1 is 1.15 bits per heavy atom. The van der Waals surface area contributed by atoms with Gasteiger partial charge >= 0.3 is 0 Å². The molecule has 0 atom stereocenters. The van der Waals surface area contributed by atoms with Crippen LogP contribution in [0.15, 0.2) is 34.1 Å². The third-order valence-electron chi connectivity index (χ3n) is 4.50. The first-order chi connectivity index (χ1) is 12.7. The minimum atomic E-state index is 0.585. The summed E-state index contributed by atoms with van der Waals surface area (Å²) in [7, 11) is 0. The van der Waals surface area contributed by atoms with Gasteiger partial charge in [0.15, 0.2) is 16.7 Å². The van der Waals surface area contributed by atoms with Crippen LogP contribution in [-0.2, 0) is 12.3 Å². The molecular formula is C19H21N3O3S. The molecule has 0 aliphatic carbocycles. The highest BCUT2D eigenvalue weighted by molar-refractivity contribution is 7.98. The van der Waals surface area contributed by atoms with Gasteiger partial charge in [-0.05, 0) is 39.0 Å². The number of nitrogens with zero attached hydrogens (tertiary/aromatic N) is 3. The zero-order valence-corrected chi connectivity index (χ0v) is 15.9. The van der Waals surface area contributed by atoms with E-state index in [1.165, 1.54) is 0 Å². The van der Waals surface area contributed by atoms with Crippen LogP contribution in [0, 0.1) is 13.8 Å². The molecule has 0 spiro atoms. The SMILES string of the molecule is CCn1c(-c2ccc3c(c2)OCCO3)cnc1SCc1c(C)noc1C. The molecule has 7 heteroatoms. The molecule has 0 amide bonds. The number of fused-ring (bicyclic) bond motifs is 1. The van der Waals surface area contributed by atoms with Crippen molar-refractivity contribution in [3.63, 3.8) is 0 Å². The molecule has 0 unspecified atom stereocenters. The van der Waals surface area contributed by atoms with Gasteiger partial charge in [0.25, 0.3) is 0 Å². The van der Waals surface area contributed by atoms with Gasteiger partial charge < -0.3 is 18.6 Å². The largest absolute Gasteiger partial charge is 0.486 e. The average molecular weight is 371 g/mol. The van der Waals surface area contributed by atoms with E-state index in [1.807, 2.05) is 32.2 Å². The highest BCUT2D eigenvalue weighted by Gasteiger charge is 2.17. The predicted octanol–water partition coefficient (Wildman–Crippen LogP) is 4.24. The number of ether oxygens (including phenoxy) is 2. The molecule has 4 rings (SSSR count). The van der Waals surface area contributed by atoms with Crippen molar-refractivity contribution in [3.05, 3.63) is 41.4 Å². The van der Waals surface area contributed by atoms with Crippen molar-refractivity contribution in [1.29, 1.82) is 0 Å². The summed E-state index contributed by atoms with van der Waals surface area (Å²) < 4.78 is 18.8. The molecule has 0 saturated heterocycles. The number of imidazole rings is 1. The summed E-state index contributed by atoms with van der Waals surface area (Å²) in [6.45, 7) is 8.07. The topological polar surface area (TPSA) is 62.3 Å². The second kappa shape index (κ2) is 7.07. The molecular weight excluding hydrogens is 350 g/mol. The van der Waals surface area contributed by atoms with Crippen LogP contribution in [-0.4, -0.2) is 27.9 Å². The van der Waals surface area contributed by atoms with Crippen molar-refractivity contribution in [2.75, 3.05) is 13.2 Å². The number of aromatic nitrogens is 3. The predicted molar refractivity (Wildman–Crippen MR) is 99.9 cm³/mol. The fraction of sp³-hybridized carbons (Fsp3) is 0.368. The van der Waals surface area contributed by atoms with Gasteiger partial charge in [-0.1, -0.05) is 16.9 Å². The summed E-state index contributed by atoms with van der Waals surface area (Å²) in [5.74, 6) is 3.26. The first kappa shape index (κ1) is 17.0. The summed E-state index contributed by atoms with van der Waals surface area (Å²) in [6, 6.07) is 6.05. The standard InChI is InChI=1S/C19H21N3O3S/c1-4-22-16(14-5-6-17-18(9-14)24-8-7-23-17)10-20-19(22)26-11-15-12(2)21-25-13(15)3/h5-6,9-10H,4,7-8,11H2,1-3H3. The van der Waals surface area contributed by atoms with Crippen LogP contribution in [0.2, 0.25) is 0 Å². The minimum Gasteiger partial charge on any atom is -0.486 e. The maximum Gasteiger partial charge on any atom is 0.168 e. The number of hydrogen-bond donors (Lipinski definition) is 0. The molecule has 3 heterocycles. The maximum absolute atomic E-state index is 5.71. The zero-order valence-electron chi connectivity index (χ0n) is 15.1. The smallest absolute Gasteiger partial charge is 0.168 e. The van der Waals surface area contributed by atoms with Crippen LogP contribution < -0.4 is 9.47 Å². The van der Waals surface area contributed by atoms with Gasteiger partial charge in [-0.25, -0.2) is 4.98 Å². The third-order valence-corrected chi connectivity index (χ3v) is 5.52. The lowest BCUT2D eigenvalue weighted by molar-refractivity contribution is 0.171. The van der Waals surface area contributed by atoms with E-state index in [4.69, 9.17) is 14.0 Å². The van der Waals surface area contributed by atoms with Crippen LogP contribution in [0.3, 0.4) is 0 Å². The van der Waals surface area contributed by atoms with E-state index >= 15 is 0 Å². The highest BCUT2D eigenvalue weighted by atomic mass is 32.2. The Kier molecular flexibility index (Phi) is 4.63. The summed E-state index contributed by atoms with van der Waals surface area (Å²) in [4.78, 5) is 4.64. The molecule has 2 aromatic heterocycles. The number of aryl methyl sites for hydroxylation is 2. The minimum absolute atomic E-state index is 0.585. The van der Waals surface area contributed by atoms with E-state index in [1.54, 1.807) is 11.8 Å². The monoisotopic (exact) mass is 371 g/mol. The summed E-state index contributed by atoms with van der Waals surface area (Å²) in [5, 5.41) is 5.01. The molecule has 1 aliphatic rings. The molecule has 0 bridgehead atoms. The quantitative estimate of drug-likeness (QED) is 0.625. The molecule has 3 aromatic rings. The van der Waals surface area contributed by atoms with Crippen LogP contribution >= 0.6 is 11.8 Å². The van der Waals surface area contributed by atoms with Crippen molar-refractivity contribution in [2.24, 2.45) is 0 Å². The van der Waals surface area contributed by atoms with Gasteiger partial charge in [0.1, 0.15) is 19.0 Å². The Balaban J connectivity index is 1.60. The Bertz CT molecular complexity index is 913. The fourth-order valence-corrected chi connectivity index (χ4v) is 4.25. The molecule has 1 aliphatic heterocycles. The average Bonchev–Trinajstić information content (AvgIpc) is 3.22. The van der Waals surface area contributed by atoms with E-state index in [-0.39, 0.29) is 0 Å². The van der Waals surface area contributed by atoms with Gasteiger partial charge in [-0.15, -0.1) is 0 Å². The summed E-state index contributed by atoms with van der Waals surface area (Å²) in [5.41, 5.74) is 4.23. The van der Waals surface area contributed by atoms with Crippen molar-refractivity contribution < 1.29 is 14.0 Å². The maximum atomic E-state index is 5.71. The number of thioether (sulfide) groups is 1. The van der Waals surface area contributed by atoms with E-state index in [2.05, 4.69) is 27.7 Å². The van der Waals surface area contributed by atoms with Crippen molar-refractivity contribution >= 4 is 11.8 Å². The van der Waals surface area contributed by atoms with Crippen molar-refractivity contribution in [2.45, 2.75) is 38.2 Å². The summed E-state index contributed by atoms with van der Waals surface area (Å²) in [6.07, 6.45) is 1.92. The van der Waals surface area contributed by atoms with Crippen LogP contribution in [0.25, 0.3) is 11.3 Å². The van der Waals surface area contributed by atoms with E-state index in [0.717, 1.165) is 57.2 Å². The van der Waals surface area contributed by atoms with E-state index < -0.39 is 0 Å². The molecule has 0 N–H and O–H groups in total. The van der Waals surface area contributed by atoms with Crippen molar-refractivity contribution in [1.82, 2.24) is 14.7 Å². The first-order valence-corrected chi connectivity index (χ1v) is 9.66. The van der Waals surface area contributed by atoms with Gasteiger partial charge in [0, 0.05) is 23.4 Å². The van der Waals surface area contributed by atoms with Crippen LogP contribution in [0.4, 0.5) is 0 Å². The Hall–Kier alpha value is -2.41. The van der Waals surface area contributed by atoms with Crippen LogP contribution in [0.1, 0.15) is 23.9 Å². The van der Waals surface area contributed by atoms with Gasteiger partial charge in [-0.3, -0.25) is 0 Å². The lowest BCUT2D eigenvalue weighted by atomic mass is 10.1. The molecule has 0 saturated carbocycles. The molecule has 0 radical (unpaired) electrons. The summed E-state index contributed by atoms with van der Waals surface area (Å²) >= 11 is 1.70. The Morgan fingerprint density at radius 2 is 1.96 bits per heavy atom. The fourth-order valence-electron chi connectivity index (χ4n) is 3.06. The van der Waals surface area contributed by atoms with Gasteiger partial charge in [-0.2, -0.15) is 0 Å². The second-order valence-electron chi connectivity index (χ2n) is 6.12. The van der Waals surface area contributed by atoms with Gasteiger partial charge in [0.2, 0.25) is 0 Å². The third kappa shape index (κ3) is 3.07. The van der Waals surface area contributed by atoms with E-state index in [9.17, 15) is 0 Å². The normalized spacial score (nSPS) is 13.2. The first-order valence-electron chi connectivity index (χ1n) is 8.67. The molecule has 136 valence electrons. The highest BCUT2D eigenvalue weighted by Crippen LogP contribution is 2.36. The molecule has 1 aromatic carbocycles. The lowest BCUT2D eigenvalue weighted by Gasteiger charge is -2.19. The van der Waals surface area contributed by atoms with Gasteiger partial charge in [0.05, 0.1) is 17.6 Å².